The Morgan fingerprint density at radius 3 is 2.67 bits per heavy atom. The average molecular weight is 467 g/mol. The van der Waals surface area contributed by atoms with Gasteiger partial charge in [0.2, 0.25) is 14.8 Å². The summed E-state index contributed by atoms with van der Waals surface area (Å²) in [5.41, 5.74) is 3.65. The van der Waals surface area contributed by atoms with E-state index in [1.54, 1.807) is 0 Å². The van der Waals surface area contributed by atoms with E-state index < -0.39 is 15.9 Å². The molecule has 3 aromatic rings. The van der Waals surface area contributed by atoms with Crippen molar-refractivity contribution in [3.63, 3.8) is 0 Å². The third-order valence-corrected chi connectivity index (χ3v) is 8.24. The Hall–Kier alpha value is -2.24. The summed E-state index contributed by atoms with van der Waals surface area (Å²) in [5.74, 6) is -0.525. The zero-order valence-electron chi connectivity index (χ0n) is 16.0. The van der Waals surface area contributed by atoms with Gasteiger partial charge in [-0.05, 0) is 30.3 Å². The van der Waals surface area contributed by atoms with Crippen LogP contribution in [0.5, 0.6) is 0 Å². The zero-order chi connectivity index (χ0) is 21.3. The van der Waals surface area contributed by atoms with E-state index in [0.717, 1.165) is 10.2 Å². The van der Waals surface area contributed by atoms with Gasteiger partial charge in [-0.25, -0.2) is 13.8 Å². The number of nitrogens with zero attached hydrogens (tertiary/aromatic N) is 3. The van der Waals surface area contributed by atoms with Crippen LogP contribution < -0.4 is 10.2 Å². The molecule has 1 aromatic heterocycles. The van der Waals surface area contributed by atoms with E-state index in [1.165, 1.54) is 33.8 Å². The Bertz CT molecular complexity index is 1280. The molecule has 8 nitrogen and oxygen atoms in total. The van der Waals surface area contributed by atoms with Crippen LogP contribution in [0.25, 0.3) is 10.2 Å². The van der Waals surface area contributed by atoms with Gasteiger partial charge in [-0.1, -0.05) is 35.1 Å². The van der Waals surface area contributed by atoms with E-state index in [-0.39, 0.29) is 28.6 Å². The standard InChI is InChI=1S/C19H19ClN4O4S2/c1-23-15-4-2-3-5-16(15)29-19(23)22-21-18(25)13-6-7-14(20)17(12-13)30(26,27)24-8-10-28-11-9-24/h2-7,12H,8-11H2,1H3,(H,21,25)/b22-19-. The number of carbonyl (C=O) groups is 1. The maximum absolute atomic E-state index is 12.9. The van der Waals surface area contributed by atoms with Gasteiger partial charge in [0.25, 0.3) is 5.91 Å². The number of amides is 1. The van der Waals surface area contributed by atoms with Gasteiger partial charge < -0.3 is 9.30 Å². The topological polar surface area (TPSA) is 93.0 Å². The third-order valence-electron chi connectivity index (χ3n) is 4.75. The van der Waals surface area contributed by atoms with Gasteiger partial charge in [-0.15, -0.1) is 5.10 Å². The molecule has 1 amide bonds. The largest absolute Gasteiger partial charge is 0.379 e. The van der Waals surface area contributed by atoms with E-state index >= 15 is 0 Å². The Morgan fingerprint density at radius 1 is 1.20 bits per heavy atom. The highest BCUT2D eigenvalue weighted by molar-refractivity contribution is 7.89. The molecule has 0 unspecified atom stereocenters. The molecule has 0 bridgehead atoms. The normalized spacial score (nSPS) is 16.1. The fourth-order valence-electron chi connectivity index (χ4n) is 3.12. The van der Waals surface area contributed by atoms with Crippen LogP contribution in [0.4, 0.5) is 0 Å². The second-order valence-electron chi connectivity index (χ2n) is 6.63. The first-order valence-corrected chi connectivity index (χ1v) is 11.8. The van der Waals surface area contributed by atoms with Crippen molar-refractivity contribution in [1.29, 1.82) is 0 Å². The third kappa shape index (κ3) is 4.01. The monoisotopic (exact) mass is 466 g/mol. The van der Waals surface area contributed by atoms with Crippen LogP contribution in [-0.2, 0) is 21.8 Å². The van der Waals surface area contributed by atoms with Crippen LogP contribution in [0.2, 0.25) is 5.02 Å². The van der Waals surface area contributed by atoms with Gasteiger partial charge in [-0.3, -0.25) is 4.79 Å². The number of morpholine rings is 1. The number of benzene rings is 2. The lowest BCUT2D eigenvalue weighted by molar-refractivity contribution is 0.0730. The van der Waals surface area contributed by atoms with Gasteiger partial charge in [0.1, 0.15) is 4.90 Å². The number of hydrogen-bond donors (Lipinski definition) is 1. The minimum absolute atomic E-state index is 0.0610. The average Bonchev–Trinajstić information content (AvgIpc) is 3.08. The number of thiazole rings is 1. The van der Waals surface area contributed by atoms with Gasteiger partial charge in [0.05, 0.1) is 28.5 Å². The van der Waals surface area contributed by atoms with Crippen molar-refractivity contribution in [3.05, 3.63) is 57.9 Å². The summed E-state index contributed by atoms with van der Waals surface area (Å²) in [6.07, 6.45) is 0. The molecule has 2 heterocycles. The van der Waals surface area contributed by atoms with Crippen LogP contribution >= 0.6 is 22.9 Å². The lowest BCUT2D eigenvalue weighted by Crippen LogP contribution is -2.40. The molecule has 1 aliphatic rings. The molecule has 0 spiro atoms. The lowest BCUT2D eigenvalue weighted by atomic mass is 10.2. The van der Waals surface area contributed by atoms with Crippen molar-refractivity contribution < 1.29 is 17.9 Å². The molecule has 0 saturated carbocycles. The molecule has 1 aliphatic heterocycles. The molecular weight excluding hydrogens is 448 g/mol. The zero-order valence-corrected chi connectivity index (χ0v) is 18.4. The smallest absolute Gasteiger partial charge is 0.271 e. The van der Waals surface area contributed by atoms with Crippen molar-refractivity contribution in [1.82, 2.24) is 14.3 Å². The first-order chi connectivity index (χ1) is 14.4. The van der Waals surface area contributed by atoms with Crippen molar-refractivity contribution in [2.45, 2.75) is 4.90 Å². The molecule has 0 aliphatic carbocycles. The first-order valence-electron chi connectivity index (χ1n) is 9.14. The Morgan fingerprint density at radius 2 is 1.93 bits per heavy atom. The van der Waals surface area contributed by atoms with Crippen molar-refractivity contribution in [2.75, 3.05) is 26.3 Å². The first kappa shape index (κ1) is 21.0. The van der Waals surface area contributed by atoms with Crippen LogP contribution in [0.15, 0.2) is 52.5 Å². The summed E-state index contributed by atoms with van der Waals surface area (Å²) < 4.78 is 35.3. The van der Waals surface area contributed by atoms with E-state index in [0.29, 0.717) is 18.0 Å². The molecule has 1 N–H and O–H groups in total. The number of aromatic nitrogens is 1. The van der Waals surface area contributed by atoms with Gasteiger partial charge >= 0.3 is 0 Å². The summed E-state index contributed by atoms with van der Waals surface area (Å²) >= 11 is 7.59. The Kier molecular flexibility index (Phi) is 5.94. The molecular formula is C19H19ClN4O4S2. The number of halogens is 1. The highest BCUT2D eigenvalue weighted by Gasteiger charge is 2.29. The quantitative estimate of drug-likeness (QED) is 0.596. The van der Waals surface area contributed by atoms with Gasteiger partial charge in [0, 0.05) is 25.7 Å². The number of para-hydroxylation sites is 1. The van der Waals surface area contributed by atoms with Crippen molar-refractivity contribution in [2.24, 2.45) is 12.1 Å². The molecule has 2 aromatic carbocycles. The molecule has 30 heavy (non-hydrogen) atoms. The summed E-state index contributed by atoms with van der Waals surface area (Å²) in [6.45, 7) is 1.13. The van der Waals surface area contributed by atoms with Crippen LogP contribution in [-0.4, -0.2) is 49.5 Å². The molecule has 0 radical (unpaired) electrons. The number of hydrogen-bond acceptors (Lipinski definition) is 6. The number of ether oxygens (including phenoxy) is 1. The number of sulfonamides is 1. The number of nitrogens with one attached hydrogen (secondary N) is 1. The van der Waals surface area contributed by atoms with Crippen molar-refractivity contribution >= 4 is 49.1 Å². The van der Waals surface area contributed by atoms with Crippen LogP contribution in [0.3, 0.4) is 0 Å². The van der Waals surface area contributed by atoms with Crippen LogP contribution in [0.1, 0.15) is 10.4 Å². The predicted molar refractivity (Wildman–Crippen MR) is 115 cm³/mol. The Balaban J connectivity index is 1.62. The second-order valence-corrected chi connectivity index (χ2v) is 9.95. The number of fused-ring (bicyclic) bond motifs is 1. The van der Waals surface area contributed by atoms with Gasteiger partial charge in [-0.2, -0.15) is 4.31 Å². The van der Waals surface area contributed by atoms with E-state index in [4.69, 9.17) is 16.3 Å². The SMILES string of the molecule is Cn1/c(=N/NC(=O)c2ccc(Cl)c(S(=O)(=O)N3CCOCC3)c2)sc2ccccc21. The molecule has 0 atom stereocenters. The molecule has 158 valence electrons. The number of rotatable bonds is 4. The number of aryl methyl sites for hydroxylation is 1. The molecule has 4 rings (SSSR count). The summed E-state index contributed by atoms with van der Waals surface area (Å²) in [4.78, 5) is 13.1. The molecule has 1 saturated heterocycles. The number of carbonyl (C=O) groups excluding carboxylic acids is 1. The van der Waals surface area contributed by atoms with E-state index in [1.807, 2.05) is 35.9 Å². The summed E-state index contributed by atoms with van der Waals surface area (Å²) in [5, 5.41) is 4.26. The maximum atomic E-state index is 12.9. The molecule has 11 heteroatoms. The minimum Gasteiger partial charge on any atom is -0.379 e. The molecule has 1 fully saturated rings. The van der Waals surface area contributed by atoms with Gasteiger partial charge in [0.15, 0.2) is 0 Å². The second kappa shape index (κ2) is 8.48. The minimum atomic E-state index is -3.83. The summed E-state index contributed by atoms with van der Waals surface area (Å²) in [6, 6.07) is 12.0. The summed E-state index contributed by atoms with van der Waals surface area (Å²) in [7, 11) is -1.97. The Labute approximate surface area is 182 Å². The highest BCUT2D eigenvalue weighted by atomic mass is 35.5. The fourth-order valence-corrected chi connectivity index (χ4v) is 6.01. The predicted octanol–water partition coefficient (Wildman–Crippen LogP) is 2.16. The van der Waals surface area contributed by atoms with E-state index in [9.17, 15) is 13.2 Å². The van der Waals surface area contributed by atoms with Crippen molar-refractivity contribution in [3.8, 4) is 0 Å². The highest BCUT2D eigenvalue weighted by Crippen LogP contribution is 2.26. The van der Waals surface area contributed by atoms with E-state index in [2.05, 4.69) is 10.5 Å². The van der Waals surface area contributed by atoms with Crippen LogP contribution in [0, 0.1) is 0 Å². The lowest BCUT2D eigenvalue weighted by Gasteiger charge is -2.26. The fraction of sp³-hybridized carbons (Fsp3) is 0.263. The maximum Gasteiger partial charge on any atom is 0.271 e.